The van der Waals surface area contributed by atoms with Crippen molar-refractivity contribution in [3.63, 3.8) is 0 Å². The summed E-state index contributed by atoms with van der Waals surface area (Å²) in [4.78, 5) is 68.8. The number of fused-ring (bicyclic) bond motifs is 2. The van der Waals surface area contributed by atoms with Crippen LogP contribution in [-0.2, 0) is 76.3 Å². The van der Waals surface area contributed by atoms with Crippen molar-refractivity contribution in [2.24, 2.45) is 0 Å². The highest BCUT2D eigenvalue weighted by Crippen LogP contribution is 2.53. The zero-order valence-electron chi connectivity index (χ0n) is 44.4. The number of nitrogens with one attached hydrogen (secondary N) is 4. The molecule has 11 N–H and O–H groups in total. The molecule has 1 atom stereocenters. The lowest BCUT2D eigenvalue weighted by Gasteiger charge is -2.31. The van der Waals surface area contributed by atoms with Gasteiger partial charge in [-0.1, -0.05) is 18.9 Å². The lowest BCUT2D eigenvalue weighted by molar-refractivity contribution is -0.437. The third-order valence-electron chi connectivity index (χ3n) is 13.0. The first-order chi connectivity index (χ1) is 37.5. The van der Waals surface area contributed by atoms with Crippen molar-refractivity contribution in [3.8, 4) is 0 Å². The van der Waals surface area contributed by atoms with E-state index in [2.05, 4.69) is 21.3 Å². The number of anilines is 1. The van der Waals surface area contributed by atoms with Crippen LogP contribution >= 0.6 is 0 Å². The van der Waals surface area contributed by atoms with Crippen LogP contribution in [0.3, 0.4) is 0 Å². The lowest BCUT2D eigenvalue weighted by Crippen LogP contribution is -2.34. The number of rotatable bonds is 32. The van der Waals surface area contributed by atoms with Gasteiger partial charge < -0.3 is 31.3 Å². The van der Waals surface area contributed by atoms with Crippen molar-refractivity contribution >= 4 is 107 Å². The first-order valence-electron chi connectivity index (χ1n) is 24.8. The molecule has 0 bridgehead atoms. The van der Waals surface area contributed by atoms with Gasteiger partial charge in [-0.2, -0.15) is 55.1 Å². The first kappa shape index (κ1) is 68.7. The van der Waals surface area contributed by atoms with Gasteiger partial charge in [-0.05, 0) is 64.3 Å². The number of carboxylic acid groups (broad SMARTS) is 1. The fourth-order valence-corrected chi connectivity index (χ4v) is 12.0. The molecule has 82 heavy (non-hydrogen) atoms. The van der Waals surface area contributed by atoms with Crippen LogP contribution in [0.5, 0.6) is 0 Å². The Bertz CT molecular complexity index is 3640. The zero-order chi connectivity index (χ0) is 62.0. The molecule has 2 aromatic rings. The number of hydrogen-bond donors (Lipinski definition) is 11. The van der Waals surface area contributed by atoms with Gasteiger partial charge in [-0.3, -0.25) is 51.3 Å². The van der Waals surface area contributed by atoms with Crippen LogP contribution in [0.15, 0.2) is 48.2 Å². The molecule has 2 aliphatic rings. The Morgan fingerprint density at radius 1 is 0.537 bits per heavy atom. The molecule has 4 rings (SSSR count). The van der Waals surface area contributed by atoms with Crippen LogP contribution in [0.4, 0.5) is 11.4 Å². The molecular formula is C46H65N6O24S6+. The third kappa shape index (κ3) is 20.5. The van der Waals surface area contributed by atoms with Gasteiger partial charge in [0.2, 0.25) is 5.69 Å². The van der Waals surface area contributed by atoms with Crippen molar-refractivity contribution in [2.45, 2.75) is 76.5 Å². The standard InChI is InChI=1S/C46H64N6O24S6/c1-45(2)36(51(18-8-20-77(59,60)61)34-28-30(41(55)47-14-22-79(65,66)67)26-32(39(34)45)43(57)49-16-24-81(71,72)73)10-7-11-37-46(3,13-6-4-5-12-38(53)54)40-33(44(58)50-17-25-82(74,75)76)27-31(42(56)48-15-23-80(68,69)70)29-35(40)52(37)19-9-21-78(62,63)64/h7,10-11,26-29H,4-6,8-9,12-25H2,1-3H3,(H10-,47,48,49,50,53,54,55,56,57,58,59,60,61,62,63,64,65,66,67,68,69,70,71,72,73,74,75,76)/p+1. The van der Waals surface area contributed by atoms with Crippen LogP contribution < -0.4 is 26.2 Å². The van der Waals surface area contributed by atoms with Crippen LogP contribution in [-0.4, -0.2) is 197 Å². The predicted molar refractivity (Wildman–Crippen MR) is 295 cm³/mol. The maximum Gasteiger partial charge on any atom is 0.303 e. The summed E-state index contributed by atoms with van der Waals surface area (Å²) in [5.41, 5.74) is -3.15. The summed E-state index contributed by atoms with van der Waals surface area (Å²) in [5.74, 6) is -10.5. The number of benzene rings is 2. The predicted octanol–water partition coefficient (Wildman–Crippen LogP) is 0.342. The van der Waals surface area contributed by atoms with E-state index in [0.717, 1.165) is 12.1 Å². The van der Waals surface area contributed by atoms with E-state index >= 15 is 0 Å². The second-order valence-electron chi connectivity index (χ2n) is 19.8. The lowest BCUT2D eigenvalue weighted by atomic mass is 9.74. The van der Waals surface area contributed by atoms with E-state index in [1.807, 2.05) is 0 Å². The average molecular weight is 1280 g/mol. The number of nitrogens with zero attached hydrogens (tertiary/aromatic N) is 2. The van der Waals surface area contributed by atoms with Crippen molar-refractivity contribution in [2.75, 3.05) is 78.7 Å². The summed E-state index contributed by atoms with van der Waals surface area (Å²) in [6.07, 6.45) is 4.28. The van der Waals surface area contributed by atoms with Gasteiger partial charge in [0.1, 0.15) is 6.54 Å². The summed E-state index contributed by atoms with van der Waals surface area (Å²) in [7, 11) is -27.7. The van der Waals surface area contributed by atoms with Crippen molar-refractivity contribution in [3.05, 3.63) is 81.6 Å². The average Bonchev–Trinajstić information content (AvgIpc) is 3.26. The molecule has 0 spiro atoms. The minimum atomic E-state index is -4.65. The number of amides is 4. The number of carboxylic acids is 1. The topological polar surface area (TPSA) is 486 Å². The third-order valence-corrected chi connectivity index (χ3v) is 17.5. The van der Waals surface area contributed by atoms with E-state index in [9.17, 15) is 107 Å². The van der Waals surface area contributed by atoms with Gasteiger partial charge in [-0.15, -0.1) is 0 Å². The van der Waals surface area contributed by atoms with Crippen molar-refractivity contribution in [1.29, 1.82) is 0 Å². The van der Waals surface area contributed by atoms with Gasteiger partial charge in [0.05, 0.1) is 51.1 Å². The van der Waals surface area contributed by atoms with Gasteiger partial charge >= 0.3 is 5.97 Å². The summed E-state index contributed by atoms with van der Waals surface area (Å²) < 4.78 is 200. The minimum Gasteiger partial charge on any atom is -0.481 e. The Morgan fingerprint density at radius 2 is 0.963 bits per heavy atom. The molecule has 1 unspecified atom stereocenters. The molecule has 4 amide bonds. The van der Waals surface area contributed by atoms with Crippen molar-refractivity contribution in [1.82, 2.24) is 21.3 Å². The Hall–Kier alpha value is -5.80. The number of carbonyl (C=O) groups is 5. The van der Waals surface area contributed by atoms with Gasteiger partial charge in [0.25, 0.3) is 84.3 Å². The smallest absolute Gasteiger partial charge is 0.303 e. The maximum atomic E-state index is 14.3. The van der Waals surface area contributed by atoms with Gasteiger partial charge in [0.15, 0.2) is 5.71 Å². The number of hydrogen-bond acceptors (Lipinski definition) is 18. The van der Waals surface area contributed by atoms with E-state index in [0.29, 0.717) is 0 Å². The SMILES string of the molecule is CC1(C)C(/C=C/C=C2/N(CCCS(=O)(=O)O)c3cc(C(=O)NCCS(=O)(=O)O)cc(C(=O)NCCS(=O)(=O)O)c3C2(C)CCCCCC(=O)O)=[N+](CCCS(=O)(=O)O)c2cc(C(=O)NCCS(=O)(=O)O)cc(C(=O)NCCS(=O)(=O)O)c21. The molecule has 0 aromatic heterocycles. The summed E-state index contributed by atoms with van der Waals surface area (Å²) in [6, 6.07) is 4.74. The molecule has 36 heteroatoms. The molecule has 458 valence electrons. The van der Waals surface area contributed by atoms with Crippen molar-refractivity contribution < 1.29 is 111 Å². The summed E-state index contributed by atoms with van der Waals surface area (Å²) in [6.45, 7) is 1.70. The molecule has 2 heterocycles. The Kier molecular flexibility index (Phi) is 22.9. The Morgan fingerprint density at radius 3 is 1.41 bits per heavy atom. The van der Waals surface area contributed by atoms with Crippen LogP contribution in [0.1, 0.15) is 118 Å². The van der Waals surface area contributed by atoms with E-state index in [1.165, 1.54) is 39.8 Å². The van der Waals surface area contributed by atoms with Crippen LogP contribution in [0.25, 0.3) is 0 Å². The Balaban J connectivity index is 2.11. The molecule has 30 nitrogen and oxygen atoms in total. The van der Waals surface area contributed by atoms with E-state index < -0.39 is 162 Å². The number of carbonyl (C=O) groups excluding carboxylic acids is 4. The van der Waals surface area contributed by atoms with Crippen LogP contribution in [0.2, 0.25) is 0 Å². The second kappa shape index (κ2) is 27.3. The van der Waals surface area contributed by atoms with E-state index in [4.69, 9.17) is 0 Å². The summed E-state index contributed by atoms with van der Waals surface area (Å²) in [5, 5.41) is 18.7. The molecule has 0 radical (unpaired) electrons. The molecule has 0 aliphatic carbocycles. The Labute approximate surface area is 474 Å². The fourth-order valence-electron chi connectivity index (χ4n) is 9.54. The normalized spacial score (nSPS) is 17.0. The maximum absolute atomic E-state index is 14.3. The van der Waals surface area contributed by atoms with Gasteiger partial charge in [0, 0.05) is 96.8 Å². The van der Waals surface area contributed by atoms with Crippen LogP contribution in [0, 0.1) is 0 Å². The molecule has 2 aromatic carbocycles. The first-order valence-corrected chi connectivity index (χ1v) is 34.4. The quantitative estimate of drug-likeness (QED) is 0.0267. The minimum absolute atomic E-state index is 0.0468. The fraction of sp³-hybridized carbons (Fsp3) is 0.522. The van der Waals surface area contributed by atoms with Gasteiger partial charge in [-0.25, -0.2) is 0 Å². The summed E-state index contributed by atoms with van der Waals surface area (Å²) >= 11 is 0. The highest BCUT2D eigenvalue weighted by Gasteiger charge is 2.49. The number of allylic oxidation sites excluding steroid dienone is 4. The second-order valence-corrected chi connectivity index (χ2v) is 29.2. The zero-order valence-corrected chi connectivity index (χ0v) is 49.3. The molecule has 0 fully saturated rings. The highest BCUT2D eigenvalue weighted by atomic mass is 32.2. The molecule has 2 aliphatic heterocycles. The van der Waals surface area contributed by atoms with E-state index in [-0.39, 0.29) is 114 Å². The molecular weight excluding hydrogens is 1210 g/mol. The highest BCUT2D eigenvalue weighted by molar-refractivity contribution is 7.87. The van der Waals surface area contributed by atoms with E-state index in [1.54, 1.807) is 20.8 Å². The number of aliphatic carboxylic acids is 1. The number of unbranched alkanes of at least 4 members (excludes halogenated alkanes) is 2. The largest absolute Gasteiger partial charge is 0.481 e. The molecule has 0 saturated heterocycles. The molecule has 0 saturated carbocycles. The monoisotopic (exact) mass is 1280 g/mol.